The molecule has 134 valence electrons. The van der Waals surface area contributed by atoms with Crippen LogP contribution in [0.3, 0.4) is 0 Å². The zero-order valence-corrected chi connectivity index (χ0v) is 14.1. The molecule has 1 aromatic carbocycles. The molecule has 2 nitrogen and oxygen atoms in total. The largest absolute Gasteiger partial charge is 0.491 e. The molecule has 0 aliphatic heterocycles. The number of rotatable bonds is 8. The number of halogens is 3. The van der Waals surface area contributed by atoms with Gasteiger partial charge in [-0.05, 0) is 63.0 Å². The van der Waals surface area contributed by atoms with Gasteiger partial charge in [0.25, 0.3) is 0 Å². The van der Waals surface area contributed by atoms with Crippen LogP contribution in [0.15, 0.2) is 24.3 Å². The zero-order valence-electron chi connectivity index (χ0n) is 14.1. The van der Waals surface area contributed by atoms with Crippen molar-refractivity contribution in [2.24, 2.45) is 11.8 Å². The molecule has 0 bridgehead atoms. The van der Waals surface area contributed by atoms with E-state index < -0.39 is 11.6 Å². The highest BCUT2D eigenvalue weighted by atomic mass is 19.2. The zero-order chi connectivity index (χ0) is 17.4. The summed E-state index contributed by atoms with van der Waals surface area (Å²) in [5.74, 6) is -1.33. The van der Waals surface area contributed by atoms with Gasteiger partial charge in [-0.25, -0.2) is 0 Å². The molecule has 0 spiro atoms. The normalized spacial score (nSPS) is 21.2. The van der Waals surface area contributed by atoms with Gasteiger partial charge in [0.1, 0.15) is 0 Å². The topological polar surface area (TPSA) is 18.5 Å². The van der Waals surface area contributed by atoms with E-state index in [1.807, 2.05) is 6.08 Å². The fourth-order valence-electron chi connectivity index (χ4n) is 3.00. The van der Waals surface area contributed by atoms with Crippen LogP contribution in [0.4, 0.5) is 13.2 Å². The summed E-state index contributed by atoms with van der Waals surface area (Å²) < 4.78 is 50.3. The second-order valence-corrected chi connectivity index (χ2v) is 6.12. The Kier molecular flexibility index (Phi) is 7.47. The molecule has 1 aliphatic rings. The standard InChI is InChI=1S/C19H25F3O2/c1-2-23-16-10-11-17(19(22)18(16)21)24-13-15-8-6-14(7-9-15)5-3-4-12-20/h3,5,10-11,14-15H,2,4,6-9,12-13H2,1H3/b5-3+. The van der Waals surface area contributed by atoms with Crippen molar-refractivity contribution < 1.29 is 22.6 Å². The predicted molar refractivity (Wildman–Crippen MR) is 88.2 cm³/mol. The van der Waals surface area contributed by atoms with Crippen molar-refractivity contribution >= 4 is 0 Å². The van der Waals surface area contributed by atoms with Gasteiger partial charge in [0.15, 0.2) is 11.5 Å². The van der Waals surface area contributed by atoms with E-state index in [9.17, 15) is 13.2 Å². The van der Waals surface area contributed by atoms with E-state index in [1.54, 1.807) is 6.92 Å². The smallest absolute Gasteiger partial charge is 0.204 e. The Morgan fingerprint density at radius 1 is 1.04 bits per heavy atom. The number of alkyl halides is 1. The lowest BCUT2D eigenvalue weighted by molar-refractivity contribution is 0.187. The average molecular weight is 342 g/mol. The van der Waals surface area contributed by atoms with Crippen LogP contribution in [0, 0.1) is 23.5 Å². The monoisotopic (exact) mass is 342 g/mol. The van der Waals surface area contributed by atoms with E-state index in [1.165, 1.54) is 12.1 Å². The highest BCUT2D eigenvalue weighted by Crippen LogP contribution is 2.32. The van der Waals surface area contributed by atoms with Gasteiger partial charge in [-0.3, -0.25) is 4.39 Å². The summed E-state index contributed by atoms with van der Waals surface area (Å²) in [5, 5.41) is 0. The SMILES string of the molecule is CCOc1ccc(OCC2CCC(/C=C/CCF)CC2)c(F)c1F. The molecule has 1 saturated carbocycles. The van der Waals surface area contributed by atoms with E-state index >= 15 is 0 Å². The second kappa shape index (κ2) is 9.60. The molecule has 1 fully saturated rings. The Morgan fingerprint density at radius 2 is 1.67 bits per heavy atom. The van der Waals surface area contributed by atoms with Crippen LogP contribution in [0.2, 0.25) is 0 Å². The molecule has 1 aromatic rings. The van der Waals surface area contributed by atoms with Gasteiger partial charge in [-0.1, -0.05) is 12.2 Å². The minimum atomic E-state index is -1.00. The van der Waals surface area contributed by atoms with Crippen LogP contribution in [-0.2, 0) is 0 Å². The lowest BCUT2D eigenvalue weighted by atomic mass is 9.82. The number of ether oxygens (including phenoxy) is 2. The van der Waals surface area contributed by atoms with Crippen LogP contribution >= 0.6 is 0 Å². The Balaban J connectivity index is 1.81. The van der Waals surface area contributed by atoms with Crippen LogP contribution in [0.25, 0.3) is 0 Å². The van der Waals surface area contributed by atoms with E-state index in [2.05, 4.69) is 6.08 Å². The van der Waals surface area contributed by atoms with Gasteiger partial charge in [0.05, 0.1) is 19.9 Å². The molecule has 1 aliphatic carbocycles. The summed E-state index contributed by atoms with van der Waals surface area (Å²) >= 11 is 0. The van der Waals surface area contributed by atoms with Crippen molar-refractivity contribution in [3.05, 3.63) is 35.9 Å². The third-order valence-corrected chi connectivity index (χ3v) is 4.36. The number of allylic oxidation sites excluding steroid dienone is 2. The molecule has 2 rings (SSSR count). The molecule has 0 saturated heterocycles. The first kappa shape index (κ1) is 18.7. The van der Waals surface area contributed by atoms with Crippen molar-refractivity contribution in [2.45, 2.75) is 39.0 Å². The summed E-state index contributed by atoms with van der Waals surface area (Å²) in [5.41, 5.74) is 0. The van der Waals surface area contributed by atoms with Crippen molar-refractivity contribution in [3.63, 3.8) is 0 Å². The Hall–Kier alpha value is -1.65. The lowest BCUT2D eigenvalue weighted by Crippen LogP contribution is -2.19. The van der Waals surface area contributed by atoms with Crippen molar-refractivity contribution in [3.8, 4) is 11.5 Å². The number of hydrogen-bond acceptors (Lipinski definition) is 2. The highest BCUT2D eigenvalue weighted by Gasteiger charge is 2.21. The van der Waals surface area contributed by atoms with Gasteiger partial charge >= 0.3 is 0 Å². The summed E-state index contributed by atoms with van der Waals surface area (Å²) in [6.07, 6.45) is 8.48. The number of benzene rings is 1. The molecule has 0 heterocycles. The van der Waals surface area contributed by atoms with Gasteiger partial charge in [-0.2, -0.15) is 8.78 Å². The maximum Gasteiger partial charge on any atom is 0.204 e. The average Bonchev–Trinajstić information content (AvgIpc) is 2.60. The summed E-state index contributed by atoms with van der Waals surface area (Å²) in [4.78, 5) is 0. The molecule has 0 atom stereocenters. The first-order chi connectivity index (χ1) is 11.7. The summed E-state index contributed by atoms with van der Waals surface area (Å²) in [6.45, 7) is 2.06. The molecular formula is C19H25F3O2. The quantitative estimate of drug-likeness (QED) is 0.584. The first-order valence-electron chi connectivity index (χ1n) is 8.61. The van der Waals surface area contributed by atoms with Gasteiger partial charge < -0.3 is 9.47 Å². The maximum absolute atomic E-state index is 14.0. The molecule has 0 unspecified atom stereocenters. The highest BCUT2D eigenvalue weighted by molar-refractivity contribution is 5.35. The van der Waals surface area contributed by atoms with E-state index in [4.69, 9.17) is 9.47 Å². The lowest BCUT2D eigenvalue weighted by Gasteiger charge is -2.26. The molecule has 24 heavy (non-hydrogen) atoms. The van der Waals surface area contributed by atoms with E-state index in [-0.39, 0.29) is 24.8 Å². The Morgan fingerprint density at radius 3 is 2.25 bits per heavy atom. The second-order valence-electron chi connectivity index (χ2n) is 6.12. The summed E-state index contributed by atoms with van der Waals surface area (Å²) in [7, 11) is 0. The van der Waals surface area contributed by atoms with Gasteiger partial charge in [-0.15, -0.1) is 0 Å². The minimum absolute atomic E-state index is 0.0686. The first-order valence-corrected chi connectivity index (χ1v) is 8.61. The molecular weight excluding hydrogens is 317 g/mol. The molecule has 0 amide bonds. The summed E-state index contributed by atoms with van der Waals surface area (Å²) in [6, 6.07) is 2.80. The van der Waals surface area contributed by atoms with Crippen LogP contribution < -0.4 is 9.47 Å². The predicted octanol–water partition coefficient (Wildman–Crippen LogP) is 5.46. The van der Waals surface area contributed by atoms with Crippen LogP contribution in [0.5, 0.6) is 11.5 Å². The third kappa shape index (κ3) is 5.18. The van der Waals surface area contributed by atoms with Crippen molar-refractivity contribution in [1.82, 2.24) is 0 Å². The van der Waals surface area contributed by atoms with E-state index in [0.29, 0.717) is 24.9 Å². The Labute approximate surface area is 141 Å². The third-order valence-electron chi connectivity index (χ3n) is 4.36. The maximum atomic E-state index is 14.0. The number of hydrogen-bond donors (Lipinski definition) is 0. The fourth-order valence-corrected chi connectivity index (χ4v) is 3.00. The van der Waals surface area contributed by atoms with Crippen molar-refractivity contribution in [2.75, 3.05) is 19.9 Å². The molecule has 0 radical (unpaired) electrons. The minimum Gasteiger partial charge on any atom is -0.491 e. The van der Waals surface area contributed by atoms with E-state index in [0.717, 1.165) is 25.7 Å². The van der Waals surface area contributed by atoms with Crippen molar-refractivity contribution in [1.29, 1.82) is 0 Å². The fraction of sp³-hybridized carbons (Fsp3) is 0.579. The molecule has 0 aromatic heterocycles. The van der Waals surface area contributed by atoms with Gasteiger partial charge in [0, 0.05) is 0 Å². The van der Waals surface area contributed by atoms with Crippen LogP contribution in [0.1, 0.15) is 39.0 Å². The molecule has 0 N–H and O–H groups in total. The molecule has 5 heteroatoms. The van der Waals surface area contributed by atoms with Crippen LogP contribution in [-0.4, -0.2) is 19.9 Å². The Bertz CT molecular complexity index is 538. The van der Waals surface area contributed by atoms with Gasteiger partial charge in [0.2, 0.25) is 11.6 Å².